The number of rotatable bonds is 8. The molecule has 4 saturated carbocycles. The Morgan fingerprint density at radius 3 is 1.05 bits per heavy atom. The molecule has 0 aliphatic heterocycles. The second-order valence-corrected chi connectivity index (χ2v) is 37.6. The van der Waals surface area contributed by atoms with Crippen molar-refractivity contribution in [3.05, 3.63) is 173 Å². The van der Waals surface area contributed by atoms with Crippen molar-refractivity contribution in [3.63, 3.8) is 0 Å². The van der Waals surface area contributed by atoms with Gasteiger partial charge in [-0.05, 0) is 160 Å². The quantitative estimate of drug-likeness (QED) is 0.0341. The van der Waals surface area contributed by atoms with Gasteiger partial charge in [0.25, 0.3) is 0 Å². The molecule has 0 bridgehead atoms. The molecule has 4 atom stereocenters. The van der Waals surface area contributed by atoms with Crippen molar-refractivity contribution in [1.82, 2.24) is 19.9 Å². The fourth-order valence-electron chi connectivity index (χ4n) is 15.7. The summed E-state index contributed by atoms with van der Waals surface area (Å²) in [6.07, 6.45) is 2.40. The number of allylic oxidation sites excluding steroid dienone is 2. The van der Waals surface area contributed by atoms with Crippen molar-refractivity contribution in [2.75, 3.05) is 0 Å². The van der Waals surface area contributed by atoms with Crippen LogP contribution in [0.5, 0.6) is 0 Å². The first-order chi connectivity index (χ1) is 60.1. The van der Waals surface area contributed by atoms with Crippen molar-refractivity contribution < 1.29 is 64.7 Å². The molecule has 0 saturated heterocycles. The molecular weight excluding hydrogens is 1770 g/mol. The van der Waals surface area contributed by atoms with Gasteiger partial charge in [-0.25, -0.2) is 40.2 Å². The van der Waals surface area contributed by atoms with Gasteiger partial charge < -0.3 is 4.85 Å². The predicted octanol–water partition coefficient (Wildman–Crippen LogP) is 26.0. The Hall–Kier alpha value is -12.0. The van der Waals surface area contributed by atoms with Crippen molar-refractivity contribution >= 4 is 253 Å². The number of aromatic nitrogens is 4. The molecule has 4 unspecified atom stereocenters. The van der Waals surface area contributed by atoms with Crippen LogP contribution in [0.3, 0.4) is 0 Å². The molecule has 0 radical (unpaired) electrons. The maximum atomic E-state index is 12.9. The largest absolute Gasteiger partial charge is 0.386 e. The number of hydrogen-bond donors (Lipinski definition) is 0. The Kier molecular flexibility index (Phi) is 27.4. The highest BCUT2D eigenvalue weighted by Crippen LogP contribution is 2.50. The maximum absolute atomic E-state index is 12.9. The zero-order valence-electron chi connectivity index (χ0n) is 69.4. The highest BCUT2D eigenvalue weighted by Gasteiger charge is 2.49. The second kappa shape index (κ2) is 37.7. The highest BCUT2D eigenvalue weighted by atomic mass is 32.1. The van der Waals surface area contributed by atoms with E-state index in [1.165, 1.54) is 45.3 Å². The van der Waals surface area contributed by atoms with Gasteiger partial charge in [0.05, 0.1) is 61.8 Å². The van der Waals surface area contributed by atoms with Crippen LogP contribution < -0.4 is 0 Å². The average Bonchev–Trinajstić information content (AvgIpc) is 1.59. The lowest BCUT2D eigenvalue weighted by Gasteiger charge is -2.20. The molecule has 19 rings (SSSR count). The maximum Gasteiger partial charge on any atom is 0.386 e. The normalized spacial score (nSPS) is 17.0. The fraction of sp³-hybridized carbons (Fsp3) is 0.283. The molecule has 20 nitrogen and oxygen atoms in total. The number of aliphatic imine (C=N–C) groups is 4. The summed E-state index contributed by atoms with van der Waals surface area (Å²) >= 11 is 11.8. The molecule has 8 heterocycles. The number of halogens is 6. The van der Waals surface area contributed by atoms with Crippen molar-refractivity contribution in [2.45, 2.75) is 147 Å². The summed E-state index contributed by atoms with van der Waals surface area (Å²) in [7, 11) is 0. The standard InChI is InChI=1S/C32H18O4S2.C28H26N4O4S2.C24H10N8S4.2C2H3F3.2C2H6/c1-15-23-11-17(13-25-27(33)19-7-3-4-8-20(19)28(25)34)38-32(23)16(2)24-12-18(37-31(15)24)14-26-29(35)21-9-5-6-10-22(21)30(26)36;1-11-17-26(38-27(29-17)31-19-21(33)13-7-3-4-8-14(13)22(19)34)12(2)18-25(11)37-28(30-18)32-20-23(35)15-9-5-6-10-16(15)24(20)36;1-11-19-21(35-23(31-19)14-4-6-17(33-14)29-13(8-25)9-26)12(2)20-22(11)36-24(32-20)15-5-7-18(34-15)30-16(10-27)28-3;2*1-2(3,4)5;2*1-2/h3-14H,1-2H3;13-16H,3-10H2,1-2H3;4-7H,1-2H3;2*1H3;2*1-2H3. The third kappa shape index (κ3) is 18.4. The highest BCUT2D eigenvalue weighted by molar-refractivity contribution is 7.28. The monoisotopic (exact) mass is 1840 g/mol. The zero-order valence-corrected chi connectivity index (χ0v) is 75.9. The van der Waals surface area contributed by atoms with Gasteiger partial charge in [0.1, 0.15) is 33.2 Å². The smallest absolute Gasteiger partial charge is 0.351 e. The SMILES string of the molecule is CC.CC.CC(F)(F)F.CC(F)(F)F.Cc1c2cc(C=C3C(=O)c4ccccc4C3=O)sc2c(C)c2cc(C=C3C(=O)c4ccccc4C3=O)sc12.Cc1c2nc(N=C3C(=O)C4CCCCC4C3=O)sc2c(C)c2nc(N=C3C(=O)C4CCCCC4C3=O)sc12.[C-]#[N+]C(C#N)=Nc1ccc(-c2nc3c(C)c4sc(-c5ccc(N=C(C#N)C#N)s5)nc4c(C)c3s2)s1. The Morgan fingerprint density at radius 2 is 0.738 bits per heavy atom. The van der Waals surface area contributed by atoms with Gasteiger partial charge in [0, 0.05) is 78.9 Å². The number of Topliss-reactive ketones (excluding diaryl/α,β-unsaturated/α-hetero) is 8. The number of benzene rings is 5. The first kappa shape index (κ1) is 91.7. The third-order valence-electron chi connectivity index (χ3n) is 21.3. The van der Waals surface area contributed by atoms with Crippen LogP contribution in [0.25, 0.3) is 97.8 Å². The van der Waals surface area contributed by atoms with E-state index in [0.29, 0.717) is 42.5 Å². The molecule has 0 N–H and O–H groups in total. The molecule has 6 aliphatic carbocycles. The van der Waals surface area contributed by atoms with Crippen LogP contribution in [0.1, 0.15) is 177 Å². The molecule has 5 aromatic carbocycles. The number of amidine groups is 1. The van der Waals surface area contributed by atoms with E-state index in [-0.39, 0.29) is 118 Å². The summed E-state index contributed by atoms with van der Waals surface area (Å²) in [4.78, 5) is 146. The Balaban J connectivity index is 0.000000150. The summed E-state index contributed by atoms with van der Waals surface area (Å²) < 4.78 is 68.2. The first-order valence-corrected chi connectivity index (χ1v) is 46.3. The molecule has 638 valence electrons. The van der Waals surface area contributed by atoms with Crippen molar-refractivity contribution in [2.24, 2.45) is 43.6 Å². The summed E-state index contributed by atoms with van der Waals surface area (Å²) in [5, 5.41) is 32.7. The Morgan fingerprint density at radius 1 is 0.429 bits per heavy atom. The average molecular weight is 1840 g/mol. The number of ketones is 8. The molecule has 13 aromatic rings. The molecule has 8 aromatic heterocycles. The number of carbonyl (C=O) groups excluding carboxylic acids is 8. The van der Waals surface area contributed by atoms with Gasteiger partial charge >= 0.3 is 18.2 Å². The van der Waals surface area contributed by atoms with Gasteiger partial charge in [-0.2, -0.15) is 36.9 Å². The van der Waals surface area contributed by atoms with Gasteiger partial charge in [-0.3, -0.25) is 38.4 Å². The molecule has 6 aliphatic rings. The van der Waals surface area contributed by atoms with Crippen LogP contribution in [0.2, 0.25) is 0 Å². The number of fused-ring (bicyclic) bond motifs is 10. The number of thiophene rings is 4. The lowest BCUT2D eigenvalue weighted by Crippen LogP contribution is -2.21. The van der Waals surface area contributed by atoms with Crippen LogP contribution in [-0.2, 0) is 19.2 Å². The van der Waals surface area contributed by atoms with E-state index in [9.17, 15) is 64.7 Å². The van der Waals surface area contributed by atoms with Crippen molar-refractivity contribution in [3.8, 4) is 38.0 Å². The zero-order chi connectivity index (χ0) is 91.0. The first-order valence-electron chi connectivity index (χ1n) is 39.7. The van der Waals surface area contributed by atoms with E-state index in [1.807, 2.05) is 79.7 Å². The summed E-state index contributed by atoms with van der Waals surface area (Å²) in [6.45, 7) is 27.5. The molecular formula is C92H72F6N12O8S8. The lowest BCUT2D eigenvalue weighted by molar-refractivity contribution is -0.120. The molecule has 4 fully saturated rings. The minimum Gasteiger partial charge on any atom is -0.351 e. The Labute approximate surface area is 749 Å². The minimum absolute atomic E-state index is 0.0563. The van der Waals surface area contributed by atoms with Crippen LogP contribution >= 0.6 is 90.7 Å². The minimum atomic E-state index is -4.00. The van der Waals surface area contributed by atoms with Crippen LogP contribution in [0.15, 0.2) is 116 Å². The molecule has 0 amide bonds. The van der Waals surface area contributed by atoms with Crippen LogP contribution in [-0.4, -0.2) is 102 Å². The molecule has 34 heteroatoms. The number of nitrogens with zero attached hydrogens (tertiary/aromatic N) is 12. The van der Waals surface area contributed by atoms with Gasteiger partial charge in [0.2, 0.25) is 21.0 Å². The Bertz CT molecular complexity index is 6410. The van der Waals surface area contributed by atoms with Crippen LogP contribution in [0.4, 0.5) is 46.6 Å². The summed E-state index contributed by atoms with van der Waals surface area (Å²) in [5.41, 5.74) is 11.7. The van der Waals surface area contributed by atoms with Crippen molar-refractivity contribution in [1.29, 1.82) is 15.8 Å². The van der Waals surface area contributed by atoms with Gasteiger partial charge in [0.15, 0.2) is 57.7 Å². The second-order valence-electron chi connectivity index (χ2n) is 29.4. The van der Waals surface area contributed by atoms with Gasteiger partial charge in [-0.1, -0.05) is 147 Å². The van der Waals surface area contributed by atoms with E-state index < -0.39 is 12.4 Å². The number of nitriles is 3. The van der Waals surface area contributed by atoms with E-state index in [1.54, 1.807) is 136 Å². The lowest BCUT2D eigenvalue weighted by atomic mass is 9.81. The number of alkyl halides is 6. The van der Waals surface area contributed by atoms with Gasteiger partial charge in [-0.15, -0.1) is 56.7 Å². The summed E-state index contributed by atoms with van der Waals surface area (Å²) in [5.74, 6) is -2.50. The summed E-state index contributed by atoms with van der Waals surface area (Å²) in [6, 6.07) is 30.7. The third-order valence-corrected chi connectivity index (χ3v) is 30.5. The molecule has 126 heavy (non-hydrogen) atoms. The van der Waals surface area contributed by atoms with E-state index in [2.05, 4.69) is 38.7 Å². The predicted molar refractivity (Wildman–Crippen MR) is 493 cm³/mol. The van der Waals surface area contributed by atoms with E-state index in [0.717, 1.165) is 175 Å². The van der Waals surface area contributed by atoms with Crippen LogP contribution in [0, 0.1) is 106 Å². The van der Waals surface area contributed by atoms with E-state index >= 15 is 0 Å². The number of aryl methyl sites for hydroxylation is 6. The van der Waals surface area contributed by atoms with E-state index in [4.69, 9.17) is 42.3 Å². The topological polar surface area (TPSA) is 313 Å². The fourth-order valence-corrected chi connectivity index (χ4v) is 24.2. The number of carbonyl (C=O) groups is 8. The molecule has 0 spiro atoms. The number of thiazole rings is 4. The number of hydrogen-bond acceptors (Lipinski definition) is 27.